The van der Waals surface area contributed by atoms with E-state index in [0.717, 1.165) is 54.4 Å². The molecule has 5 heteroatoms. The lowest BCUT2D eigenvalue weighted by Crippen LogP contribution is -2.43. The first-order valence-corrected chi connectivity index (χ1v) is 10.9. The van der Waals surface area contributed by atoms with Crippen LogP contribution in [0.5, 0.6) is 0 Å². The monoisotopic (exact) mass is 409 g/mol. The summed E-state index contributed by atoms with van der Waals surface area (Å²) in [4.78, 5) is 11.6. The second-order valence-corrected chi connectivity index (χ2v) is 7.91. The van der Waals surface area contributed by atoms with E-state index in [2.05, 4.69) is 81.3 Å². The van der Waals surface area contributed by atoms with Crippen molar-refractivity contribution in [2.75, 3.05) is 31.1 Å². The molecule has 1 aromatic carbocycles. The van der Waals surface area contributed by atoms with Crippen LogP contribution in [0.3, 0.4) is 0 Å². The second-order valence-electron chi connectivity index (χ2n) is 7.91. The van der Waals surface area contributed by atoms with Gasteiger partial charge in [0.2, 0.25) is 0 Å². The predicted octanol–water partition coefficient (Wildman–Crippen LogP) is 4.57. The van der Waals surface area contributed by atoms with Crippen LogP contribution in [-0.4, -0.2) is 40.5 Å². The molecule has 1 aliphatic heterocycles. The fourth-order valence-corrected chi connectivity index (χ4v) is 4.36. The van der Waals surface area contributed by atoms with E-state index in [1.165, 1.54) is 16.8 Å². The summed E-state index contributed by atoms with van der Waals surface area (Å²) in [7, 11) is 0. The number of hydrogen-bond donors (Lipinski definition) is 1. The molecule has 4 aromatic rings. The maximum atomic E-state index is 4.71. The van der Waals surface area contributed by atoms with Gasteiger partial charge < -0.3 is 10.2 Å². The van der Waals surface area contributed by atoms with E-state index >= 15 is 0 Å². The van der Waals surface area contributed by atoms with Crippen LogP contribution in [0.25, 0.3) is 22.3 Å². The van der Waals surface area contributed by atoms with Crippen molar-refractivity contribution in [3.63, 3.8) is 0 Å². The number of fused-ring (bicyclic) bond motifs is 1. The van der Waals surface area contributed by atoms with E-state index in [4.69, 9.17) is 4.98 Å². The number of imidazole rings is 1. The number of hydrogen-bond acceptors (Lipinski definition) is 4. The molecule has 31 heavy (non-hydrogen) atoms. The molecule has 0 spiro atoms. The van der Waals surface area contributed by atoms with Gasteiger partial charge in [0.05, 0.1) is 11.9 Å². The van der Waals surface area contributed by atoms with Gasteiger partial charge in [-0.2, -0.15) is 0 Å². The maximum Gasteiger partial charge on any atom is 0.137 e. The van der Waals surface area contributed by atoms with Crippen LogP contribution in [0.1, 0.15) is 23.9 Å². The Hall–Kier alpha value is -3.44. The molecule has 1 N–H and O–H groups in total. The number of aromatic nitrogens is 3. The summed E-state index contributed by atoms with van der Waals surface area (Å²) in [6, 6.07) is 17.3. The second kappa shape index (κ2) is 8.36. The molecule has 156 valence electrons. The van der Waals surface area contributed by atoms with Crippen LogP contribution in [0.15, 0.2) is 73.2 Å². The zero-order valence-electron chi connectivity index (χ0n) is 18.0. The van der Waals surface area contributed by atoms with Crippen molar-refractivity contribution in [2.24, 2.45) is 0 Å². The number of benzene rings is 1. The fraction of sp³-hybridized carbons (Fsp3) is 0.231. The first-order valence-electron chi connectivity index (χ1n) is 10.9. The smallest absolute Gasteiger partial charge is 0.137 e. The Morgan fingerprint density at radius 2 is 1.81 bits per heavy atom. The van der Waals surface area contributed by atoms with Gasteiger partial charge in [0, 0.05) is 61.1 Å². The standard InChI is InChI=1S/C26H27N5/c1-3-23(24-5-4-11-28-19(24)2)25-18-29-26-17-21(10-14-31(25)26)20-6-8-22(9-7-20)30-15-12-27-13-16-30/h3-11,14,17-18,27H,12-13,15-16H2,1-2H3/b23-3+. The highest BCUT2D eigenvalue weighted by Crippen LogP contribution is 2.29. The lowest BCUT2D eigenvalue weighted by Gasteiger charge is -2.29. The molecule has 4 heterocycles. The number of aryl methyl sites for hydroxylation is 1. The summed E-state index contributed by atoms with van der Waals surface area (Å²) in [5.41, 5.74) is 9.00. The van der Waals surface area contributed by atoms with Gasteiger partial charge >= 0.3 is 0 Å². The van der Waals surface area contributed by atoms with Crippen molar-refractivity contribution in [1.29, 1.82) is 0 Å². The molecule has 1 aliphatic rings. The highest BCUT2D eigenvalue weighted by molar-refractivity contribution is 5.80. The summed E-state index contributed by atoms with van der Waals surface area (Å²) in [6.45, 7) is 8.33. The number of piperazine rings is 1. The first kappa shape index (κ1) is 19.5. The number of pyridine rings is 2. The minimum Gasteiger partial charge on any atom is -0.369 e. The Kier molecular flexibility index (Phi) is 5.26. The molecular formula is C26H27N5. The van der Waals surface area contributed by atoms with E-state index in [1.54, 1.807) is 0 Å². The van der Waals surface area contributed by atoms with Gasteiger partial charge in [-0.15, -0.1) is 0 Å². The molecular weight excluding hydrogens is 382 g/mol. The molecule has 0 atom stereocenters. The molecule has 5 rings (SSSR count). The Bertz CT molecular complexity index is 1230. The Morgan fingerprint density at radius 1 is 1.00 bits per heavy atom. The van der Waals surface area contributed by atoms with Gasteiger partial charge in [0.15, 0.2) is 0 Å². The first-order chi connectivity index (χ1) is 15.2. The Morgan fingerprint density at radius 3 is 2.55 bits per heavy atom. The van der Waals surface area contributed by atoms with E-state index in [9.17, 15) is 0 Å². The number of rotatable bonds is 4. The van der Waals surface area contributed by atoms with E-state index in [-0.39, 0.29) is 0 Å². The largest absolute Gasteiger partial charge is 0.369 e. The normalized spacial score (nSPS) is 14.9. The predicted molar refractivity (Wildman–Crippen MR) is 127 cm³/mol. The third-order valence-corrected chi connectivity index (χ3v) is 6.06. The van der Waals surface area contributed by atoms with Crippen LogP contribution in [0.4, 0.5) is 5.69 Å². The minimum atomic E-state index is 0.944. The SMILES string of the molecule is C/C=C(\c1cccnc1C)c1cnc2cc(-c3ccc(N4CCNCC4)cc3)ccn12. The number of nitrogens with one attached hydrogen (secondary N) is 1. The van der Waals surface area contributed by atoms with Gasteiger partial charge in [-0.05, 0) is 55.3 Å². The van der Waals surface area contributed by atoms with Crippen LogP contribution >= 0.6 is 0 Å². The highest BCUT2D eigenvalue weighted by atomic mass is 15.2. The molecule has 0 unspecified atom stereocenters. The Balaban J connectivity index is 1.46. The summed E-state index contributed by atoms with van der Waals surface area (Å²) in [6.07, 6.45) is 8.04. The molecule has 0 radical (unpaired) electrons. The van der Waals surface area contributed by atoms with Crippen molar-refractivity contribution < 1.29 is 0 Å². The van der Waals surface area contributed by atoms with Crippen molar-refractivity contribution >= 4 is 16.9 Å². The van der Waals surface area contributed by atoms with E-state index in [0.29, 0.717) is 0 Å². The quantitative estimate of drug-likeness (QED) is 0.536. The maximum absolute atomic E-state index is 4.71. The minimum absolute atomic E-state index is 0.944. The average Bonchev–Trinajstić information content (AvgIpc) is 3.25. The summed E-state index contributed by atoms with van der Waals surface area (Å²) < 4.78 is 2.15. The van der Waals surface area contributed by atoms with Gasteiger partial charge in [-0.1, -0.05) is 24.3 Å². The fourth-order valence-electron chi connectivity index (χ4n) is 4.36. The molecule has 0 saturated carbocycles. The summed E-state index contributed by atoms with van der Waals surface area (Å²) in [5, 5.41) is 3.41. The molecule has 1 fully saturated rings. The van der Waals surface area contributed by atoms with Crippen LogP contribution in [0.2, 0.25) is 0 Å². The highest BCUT2D eigenvalue weighted by Gasteiger charge is 2.14. The summed E-state index contributed by atoms with van der Waals surface area (Å²) >= 11 is 0. The zero-order chi connectivity index (χ0) is 21.2. The molecule has 3 aromatic heterocycles. The average molecular weight is 410 g/mol. The van der Waals surface area contributed by atoms with Gasteiger partial charge in [-0.25, -0.2) is 4.98 Å². The van der Waals surface area contributed by atoms with Crippen molar-refractivity contribution in [1.82, 2.24) is 19.7 Å². The van der Waals surface area contributed by atoms with Crippen molar-refractivity contribution in [3.8, 4) is 11.1 Å². The molecule has 1 saturated heterocycles. The van der Waals surface area contributed by atoms with Crippen molar-refractivity contribution in [2.45, 2.75) is 13.8 Å². The number of nitrogens with zero attached hydrogens (tertiary/aromatic N) is 4. The van der Waals surface area contributed by atoms with Gasteiger partial charge in [-0.3, -0.25) is 9.38 Å². The molecule has 0 aliphatic carbocycles. The van der Waals surface area contributed by atoms with Gasteiger partial charge in [0.1, 0.15) is 5.65 Å². The number of allylic oxidation sites excluding steroid dienone is 1. The zero-order valence-corrected chi connectivity index (χ0v) is 18.0. The van der Waals surface area contributed by atoms with E-state index < -0.39 is 0 Å². The van der Waals surface area contributed by atoms with E-state index in [1.807, 2.05) is 25.4 Å². The molecule has 0 bridgehead atoms. The lowest BCUT2D eigenvalue weighted by atomic mass is 10.0. The van der Waals surface area contributed by atoms with Crippen LogP contribution in [0, 0.1) is 6.92 Å². The third kappa shape index (κ3) is 3.73. The Labute approximate surface area is 183 Å². The third-order valence-electron chi connectivity index (χ3n) is 6.06. The summed E-state index contributed by atoms with van der Waals surface area (Å²) in [5.74, 6) is 0. The van der Waals surface area contributed by atoms with Crippen LogP contribution < -0.4 is 10.2 Å². The molecule has 0 amide bonds. The lowest BCUT2D eigenvalue weighted by molar-refractivity contribution is 0.589. The van der Waals surface area contributed by atoms with Crippen LogP contribution in [-0.2, 0) is 0 Å². The number of anilines is 1. The van der Waals surface area contributed by atoms with Crippen molar-refractivity contribution in [3.05, 3.63) is 90.1 Å². The topological polar surface area (TPSA) is 45.5 Å². The molecule has 5 nitrogen and oxygen atoms in total. The van der Waals surface area contributed by atoms with Gasteiger partial charge in [0.25, 0.3) is 0 Å².